The van der Waals surface area contributed by atoms with Gasteiger partial charge < -0.3 is 4.74 Å². The van der Waals surface area contributed by atoms with Crippen molar-refractivity contribution in [3.8, 4) is 29.0 Å². The van der Waals surface area contributed by atoms with Crippen LogP contribution in [0.5, 0.6) is 5.75 Å². The maximum atomic E-state index is 13.2. The van der Waals surface area contributed by atoms with Crippen molar-refractivity contribution in [3.63, 3.8) is 0 Å². The van der Waals surface area contributed by atoms with E-state index < -0.39 is 0 Å². The molecule has 4 aromatic rings. The average molecular weight is 481 g/mol. The van der Waals surface area contributed by atoms with Crippen LogP contribution >= 0.6 is 11.3 Å². The number of nitrogens with zero attached hydrogens (tertiary/aromatic N) is 5. The minimum absolute atomic E-state index is 0.332. The number of carbonyl (C=O) groups is 1. The molecule has 0 aliphatic carbocycles. The summed E-state index contributed by atoms with van der Waals surface area (Å²) in [6.07, 6.45) is 2.91. The predicted molar refractivity (Wildman–Crippen MR) is 132 cm³/mol. The SMILES string of the molecule is COc1ccc(C#N)cc1-c1cc(C)ncc1C(=O)Nc1nnc(CCc2ccc(C#N)cc2)s1. The van der Waals surface area contributed by atoms with Crippen LogP contribution in [0.25, 0.3) is 11.1 Å². The lowest BCUT2D eigenvalue weighted by Gasteiger charge is -2.13. The molecule has 2 aromatic carbocycles. The summed E-state index contributed by atoms with van der Waals surface area (Å²) in [6.45, 7) is 1.83. The Balaban J connectivity index is 1.53. The number of methoxy groups -OCH3 is 1. The summed E-state index contributed by atoms with van der Waals surface area (Å²) in [7, 11) is 1.54. The number of hydrogen-bond acceptors (Lipinski definition) is 8. The van der Waals surface area contributed by atoms with Crippen molar-refractivity contribution in [2.75, 3.05) is 12.4 Å². The summed E-state index contributed by atoms with van der Waals surface area (Å²) >= 11 is 1.31. The molecule has 2 heterocycles. The summed E-state index contributed by atoms with van der Waals surface area (Å²) in [5.74, 6) is 0.163. The van der Waals surface area contributed by atoms with Gasteiger partial charge in [0.2, 0.25) is 5.13 Å². The fraction of sp³-hybridized carbons (Fsp3) is 0.154. The average Bonchev–Trinajstić information content (AvgIpc) is 3.34. The molecule has 9 heteroatoms. The van der Waals surface area contributed by atoms with E-state index >= 15 is 0 Å². The lowest BCUT2D eigenvalue weighted by molar-refractivity contribution is 0.102. The van der Waals surface area contributed by atoms with E-state index in [9.17, 15) is 10.1 Å². The summed E-state index contributed by atoms with van der Waals surface area (Å²) in [6, 6.07) is 18.5. The van der Waals surface area contributed by atoms with E-state index in [0.717, 1.165) is 22.7 Å². The van der Waals surface area contributed by atoms with Crippen molar-refractivity contribution in [1.29, 1.82) is 10.5 Å². The second kappa shape index (κ2) is 10.6. The van der Waals surface area contributed by atoms with Crippen LogP contribution in [0.1, 0.15) is 37.7 Å². The molecule has 0 spiro atoms. The molecule has 2 aromatic heterocycles. The third-order valence-electron chi connectivity index (χ3n) is 5.30. The molecule has 0 radical (unpaired) electrons. The number of amides is 1. The fourth-order valence-electron chi connectivity index (χ4n) is 3.52. The van der Waals surface area contributed by atoms with E-state index in [1.54, 1.807) is 43.5 Å². The zero-order valence-corrected chi connectivity index (χ0v) is 19.9. The number of nitriles is 2. The molecule has 1 N–H and O–H groups in total. The third kappa shape index (κ3) is 5.49. The number of ether oxygens (including phenoxy) is 1. The Morgan fingerprint density at radius 1 is 1.00 bits per heavy atom. The van der Waals surface area contributed by atoms with Crippen LogP contribution in [0.15, 0.2) is 54.7 Å². The number of benzene rings is 2. The highest BCUT2D eigenvalue weighted by Crippen LogP contribution is 2.34. The largest absolute Gasteiger partial charge is 0.496 e. The van der Waals surface area contributed by atoms with Gasteiger partial charge in [0.05, 0.1) is 35.9 Å². The highest BCUT2D eigenvalue weighted by Gasteiger charge is 2.19. The van der Waals surface area contributed by atoms with E-state index in [1.165, 1.54) is 17.5 Å². The molecule has 4 rings (SSSR count). The van der Waals surface area contributed by atoms with E-state index in [2.05, 4.69) is 32.6 Å². The van der Waals surface area contributed by atoms with Crippen molar-refractivity contribution in [3.05, 3.63) is 87.7 Å². The zero-order valence-electron chi connectivity index (χ0n) is 19.1. The number of carbonyl (C=O) groups excluding carboxylic acids is 1. The number of nitrogens with one attached hydrogen (secondary N) is 1. The van der Waals surface area contributed by atoms with Crippen LogP contribution < -0.4 is 10.1 Å². The summed E-state index contributed by atoms with van der Waals surface area (Å²) in [5, 5.41) is 30.5. The molecule has 0 atom stereocenters. The van der Waals surface area contributed by atoms with E-state index in [4.69, 9.17) is 10.00 Å². The zero-order chi connectivity index (χ0) is 24.8. The molecule has 8 nitrogen and oxygen atoms in total. The monoisotopic (exact) mass is 480 g/mol. The summed E-state index contributed by atoms with van der Waals surface area (Å²) in [5.41, 5.74) is 4.46. The highest BCUT2D eigenvalue weighted by molar-refractivity contribution is 7.15. The third-order valence-corrected chi connectivity index (χ3v) is 6.20. The van der Waals surface area contributed by atoms with Crippen LogP contribution in [0.4, 0.5) is 5.13 Å². The Morgan fingerprint density at radius 3 is 2.46 bits per heavy atom. The van der Waals surface area contributed by atoms with Gasteiger partial charge in [-0.15, -0.1) is 10.2 Å². The second-order valence-corrected chi connectivity index (χ2v) is 8.72. The van der Waals surface area contributed by atoms with Crippen molar-refractivity contribution in [1.82, 2.24) is 15.2 Å². The molecule has 1 amide bonds. The first-order chi connectivity index (χ1) is 17.0. The van der Waals surface area contributed by atoms with Gasteiger partial charge in [-0.2, -0.15) is 10.5 Å². The quantitative estimate of drug-likeness (QED) is 0.406. The minimum Gasteiger partial charge on any atom is -0.496 e. The standard InChI is InChI=1S/C26H20N6O2S/c1-16-11-20(21-12-19(14-28)7-9-23(21)34-2)22(15-29-16)25(33)30-26-32-31-24(35-26)10-8-17-3-5-18(13-27)6-4-17/h3-7,9,11-12,15H,8,10H2,1-2H3,(H,30,32,33). The molecular weight excluding hydrogens is 460 g/mol. The highest BCUT2D eigenvalue weighted by atomic mass is 32.1. The minimum atomic E-state index is -0.383. The van der Waals surface area contributed by atoms with Crippen molar-refractivity contribution >= 4 is 22.4 Å². The van der Waals surface area contributed by atoms with Gasteiger partial charge >= 0.3 is 0 Å². The normalized spacial score (nSPS) is 10.3. The number of aromatic nitrogens is 3. The maximum absolute atomic E-state index is 13.2. The molecule has 172 valence electrons. The van der Waals surface area contributed by atoms with Gasteiger partial charge in [0.25, 0.3) is 5.91 Å². The molecule has 0 bridgehead atoms. The van der Waals surface area contributed by atoms with E-state index in [1.807, 2.05) is 19.1 Å². The van der Waals surface area contributed by atoms with Crippen LogP contribution in [0, 0.1) is 29.6 Å². The summed E-state index contributed by atoms with van der Waals surface area (Å²) < 4.78 is 5.47. The summed E-state index contributed by atoms with van der Waals surface area (Å²) in [4.78, 5) is 17.5. The van der Waals surface area contributed by atoms with Gasteiger partial charge in [-0.3, -0.25) is 15.1 Å². The van der Waals surface area contributed by atoms with Gasteiger partial charge in [0, 0.05) is 29.4 Å². The predicted octanol–water partition coefficient (Wildman–Crippen LogP) is 4.70. The molecular formula is C26H20N6O2S. The second-order valence-electron chi connectivity index (χ2n) is 7.66. The van der Waals surface area contributed by atoms with Gasteiger partial charge in [0.1, 0.15) is 10.8 Å². The van der Waals surface area contributed by atoms with Crippen molar-refractivity contribution in [2.24, 2.45) is 0 Å². The van der Waals surface area contributed by atoms with Gasteiger partial charge in [-0.25, -0.2) is 0 Å². The first-order valence-electron chi connectivity index (χ1n) is 10.7. The molecule has 0 fully saturated rings. The Labute approximate surface area is 206 Å². The Hall–Kier alpha value is -4.60. The van der Waals surface area contributed by atoms with E-state index in [-0.39, 0.29) is 5.91 Å². The number of anilines is 1. The number of rotatable bonds is 7. The van der Waals surface area contributed by atoms with E-state index in [0.29, 0.717) is 45.1 Å². The molecule has 0 aliphatic heterocycles. The van der Waals surface area contributed by atoms with Gasteiger partial charge in [-0.1, -0.05) is 23.5 Å². The Bertz CT molecular complexity index is 1460. The first-order valence-corrected chi connectivity index (χ1v) is 11.5. The number of pyridine rings is 1. The fourth-order valence-corrected chi connectivity index (χ4v) is 4.25. The number of hydrogen-bond donors (Lipinski definition) is 1. The topological polar surface area (TPSA) is 125 Å². The molecule has 0 saturated heterocycles. The Kier molecular flexibility index (Phi) is 7.10. The lowest BCUT2D eigenvalue weighted by atomic mass is 9.97. The van der Waals surface area contributed by atoms with Crippen LogP contribution in [0.2, 0.25) is 0 Å². The lowest BCUT2D eigenvalue weighted by Crippen LogP contribution is -2.14. The Morgan fingerprint density at radius 2 is 1.74 bits per heavy atom. The van der Waals surface area contributed by atoms with Crippen molar-refractivity contribution in [2.45, 2.75) is 19.8 Å². The van der Waals surface area contributed by atoms with Crippen LogP contribution in [-0.2, 0) is 12.8 Å². The molecule has 0 saturated carbocycles. The van der Waals surface area contributed by atoms with Crippen molar-refractivity contribution < 1.29 is 9.53 Å². The molecule has 0 unspecified atom stereocenters. The molecule has 35 heavy (non-hydrogen) atoms. The first kappa shape index (κ1) is 23.6. The smallest absolute Gasteiger partial charge is 0.259 e. The van der Waals surface area contributed by atoms with Gasteiger partial charge in [-0.05, 0) is 55.3 Å². The van der Waals surface area contributed by atoms with Gasteiger partial charge in [0.15, 0.2) is 0 Å². The van der Waals surface area contributed by atoms with Crippen LogP contribution in [0.3, 0.4) is 0 Å². The molecule has 0 aliphatic rings. The maximum Gasteiger partial charge on any atom is 0.259 e. The number of aryl methyl sites for hydroxylation is 3. The van der Waals surface area contributed by atoms with Crippen LogP contribution in [-0.4, -0.2) is 28.2 Å².